The second-order valence-corrected chi connectivity index (χ2v) is 2.45. The Morgan fingerprint density at radius 1 is 1.53 bits per heavy atom. The van der Waals surface area contributed by atoms with Crippen molar-refractivity contribution in [2.45, 2.75) is 6.36 Å². The number of anilines is 1. The van der Waals surface area contributed by atoms with Gasteiger partial charge in [-0.3, -0.25) is 4.79 Å². The minimum Gasteiger partial charge on any atom is -0.393 e. The first-order valence-electron chi connectivity index (χ1n) is 3.52. The van der Waals surface area contributed by atoms with Crippen LogP contribution in [-0.4, -0.2) is 11.3 Å². The van der Waals surface area contributed by atoms with Crippen LogP contribution >= 0.6 is 0 Å². The van der Waals surface area contributed by atoms with Crippen LogP contribution < -0.4 is 15.9 Å². The molecule has 0 atom stereocenters. The van der Waals surface area contributed by atoms with Crippen LogP contribution in [0.25, 0.3) is 0 Å². The van der Waals surface area contributed by atoms with Crippen LogP contribution in [0.1, 0.15) is 5.69 Å². The second-order valence-electron chi connectivity index (χ2n) is 2.45. The van der Waals surface area contributed by atoms with Crippen molar-refractivity contribution in [3.8, 4) is 11.9 Å². The van der Waals surface area contributed by atoms with Crippen molar-refractivity contribution < 1.29 is 17.9 Å². The van der Waals surface area contributed by atoms with Gasteiger partial charge in [-0.1, -0.05) is 0 Å². The van der Waals surface area contributed by atoms with Crippen LogP contribution in [0.2, 0.25) is 0 Å². The molecule has 0 saturated heterocycles. The van der Waals surface area contributed by atoms with Crippen LogP contribution in [0.15, 0.2) is 10.9 Å². The summed E-state index contributed by atoms with van der Waals surface area (Å²) in [4.78, 5) is 12.9. The van der Waals surface area contributed by atoms with Gasteiger partial charge in [-0.25, -0.2) is 0 Å². The summed E-state index contributed by atoms with van der Waals surface area (Å²) in [7, 11) is 0. The molecule has 0 aliphatic heterocycles. The number of alkyl halides is 3. The van der Waals surface area contributed by atoms with Gasteiger partial charge in [-0.15, -0.1) is 13.2 Å². The molecule has 8 heteroatoms. The molecule has 15 heavy (non-hydrogen) atoms. The molecule has 0 aromatic carbocycles. The third-order valence-corrected chi connectivity index (χ3v) is 1.38. The third kappa shape index (κ3) is 2.63. The van der Waals surface area contributed by atoms with Gasteiger partial charge in [0, 0.05) is 6.07 Å². The predicted molar refractivity (Wildman–Crippen MR) is 42.9 cm³/mol. The number of nitrogens with two attached hydrogens (primary N) is 1. The molecule has 1 aromatic rings. The predicted octanol–water partition coefficient (Wildman–Crippen LogP) is 0.727. The molecule has 80 valence electrons. The number of rotatable bonds is 1. The number of pyridine rings is 1. The van der Waals surface area contributed by atoms with E-state index in [1.54, 1.807) is 0 Å². The monoisotopic (exact) mass is 219 g/mol. The van der Waals surface area contributed by atoms with E-state index in [1.807, 2.05) is 4.98 Å². The highest BCUT2D eigenvalue weighted by Crippen LogP contribution is 2.20. The van der Waals surface area contributed by atoms with E-state index in [0.717, 1.165) is 0 Å². The number of H-pyrrole nitrogens is 1. The van der Waals surface area contributed by atoms with Gasteiger partial charge in [0.15, 0.2) is 0 Å². The van der Waals surface area contributed by atoms with E-state index < -0.39 is 29.1 Å². The molecule has 0 saturated carbocycles. The molecule has 0 unspecified atom stereocenters. The topological polar surface area (TPSA) is 91.9 Å². The zero-order valence-corrected chi connectivity index (χ0v) is 7.05. The number of hydrogen-bond donors (Lipinski definition) is 2. The smallest absolute Gasteiger partial charge is 0.393 e. The average molecular weight is 219 g/mol. The number of aromatic nitrogens is 1. The molecule has 3 N–H and O–H groups in total. The van der Waals surface area contributed by atoms with Gasteiger partial charge in [0.05, 0.1) is 0 Å². The third-order valence-electron chi connectivity index (χ3n) is 1.38. The van der Waals surface area contributed by atoms with Crippen molar-refractivity contribution >= 4 is 5.69 Å². The number of nitrogens with zero attached hydrogens (tertiary/aromatic N) is 1. The molecule has 5 nitrogen and oxygen atoms in total. The molecule has 1 heterocycles. The first-order chi connectivity index (χ1) is 6.83. The van der Waals surface area contributed by atoms with Gasteiger partial charge in [0.2, 0.25) is 11.3 Å². The Labute approximate surface area is 80.9 Å². The van der Waals surface area contributed by atoms with Gasteiger partial charge in [0.25, 0.3) is 0 Å². The number of hydrogen-bond acceptors (Lipinski definition) is 4. The first kappa shape index (κ1) is 10.9. The molecule has 1 aromatic heterocycles. The number of nitrogen functional groups attached to an aromatic ring is 1. The Kier molecular flexibility index (Phi) is 2.57. The highest BCUT2D eigenvalue weighted by atomic mass is 19.4. The van der Waals surface area contributed by atoms with E-state index >= 15 is 0 Å². The van der Waals surface area contributed by atoms with E-state index in [2.05, 4.69) is 4.74 Å². The zero-order chi connectivity index (χ0) is 11.6. The fourth-order valence-electron chi connectivity index (χ4n) is 0.814. The summed E-state index contributed by atoms with van der Waals surface area (Å²) in [6, 6.07) is 1.95. The molecule has 0 fully saturated rings. The lowest BCUT2D eigenvalue weighted by atomic mass is 10.3. The van der Waals surface area contributed by atoms with Gasteiger partial charge in [-0.05, 0) is 0 Å². The van der Waals surface area contributed by atoms with Crippen LogP contribution in [0.3, 0.4) is 0 Å². The van der Waals surface area contributed by atoms with Gasteiger partial charge in [0.1, 0.15) is 17.5 Å². The van der Waals surface area contributed by atoms with E-state index in [0.29, 0.717) is 6.07 Å². The van der Waals surface area contributed by atoms with Crippen LogP contribution in [-0.2, 0) is 0 Å². The van der Waals surface area contributed by atoms with Crippen LogP contribution in [0, 0.1) is 11.3 Å². The normalized spacial score (nSPS) is 10.8. The molecule has 1 rings (SSSR count). The van der Waals surface area contributed by atoms with Crippen molar-refractivity contribution in [3.63, 3.8) is 0 Å². The van der Waals surface area contributed by atoms with E-state index in [9.17, 15) is 18.0 Å². The minimum atomic E-state index is -4.94. The lowest BCUT2D eigenvalue weighted by Gasteiger charge is -2.08. The Morgan fingerprint density at radius 3 is 2.60 bits per heavy atom. The van der Waals surface area contributed by atoms with Crippen molar-refractivity contribution in [1.82, 2.24) is 4.98 Å². The molecule has 0 bridgehead atoms. The highest BCUT2D eigenvalue weighted by molar-refractivity contribution is 5.50. The number of nitrogens with one attached hydrogen (secondary N) is 1. The molecule has 0 spiro atoms. The Hall–Kier alpha value is -2.17. The number of nitriles is 1. The quantitative estimate of drug-likeness (QED) is 0.728. The fourth-order valence-corrected chi connectivity index (χ4v) is 0.814. The maximum atomic E-state index is 11.8. The number of halogens is 3. The fraction of sp³-hybridized carbons (Fsp3) is 0.143. The summed E-state index contributed by atoms with van der Waals surface area (Å²) in [6.07, 6.45) is -4.94. The maximum absolute atomic E-state index is 11.8. The summed E-state index contributed by atoms with van der Waals surface area (Å²) < 4.78 is 38.7. The van der Waals surface area contributed by atoms with Crippen molar-refractivity contribution in [2.75, 3.05) is 5.73 Å². The van der Waals surface area contributed by atoms with Gasteiger partial charge < -0.3 is 15.5 Å². The van der Waals surface area contributed by atoms with Crippen molar-refractivity contribution in [3.05, 3.63) is 22.0 Å². The summed E-state index contributed by atoms with van der Waals surface area (Å²) in [5.74, 6) is -0.877. The number of aromatic amines is 1. The average Bonchev–Trinajstić information content (AvgIpc) is 2.08. The van der Waals surface area contributed by atoms with E-state index in [-0.39, 0.29) is 0 Å². The van der Waals surface area contributed by atoms with Crippen molar-refractivity contribution in [1.29, 1.82) is 5.26 Å². The lowest BCUT2D eigenvalue weighted by molar-refractivity contribution is -0.276. The standard InChI is InChI=1S/C7H4F3N3O2/c8-7(9,10)15-5-1-4(14)6(12)3(2-11)13-5/h1H,12H2,(H,13,14). The second kappa shape index (κ2) is 3.53. The molecule has 0 aliphatic rings. The Bertz CT molecular complexity index is 472. The zero-order valence-electron chi connectivity index (χ0n) is 7.05. The van der Waals surface area contributed by atoms with Crippen LogP contribution in [0.4, 0.5) is 18.9 Å². The largest absolute Gasteiger partial charge is 0.574 e. The van der Waals surface area contributed by atoms with Crippen molar-refractivity contribution in [2.24, 2.45) is 0 Å². The highest BCUT2D eigenvalue weighted by Gasteiger charge is 2.32. The molecule has 0 radical (unpaired) electrons. The first-order valence-corrected chi connectivity index (χ1v) is 3.52. The molecular formula is C7H4F3N3O2. The van der Waals surface area contributed by atoms with Gasteiger partial charge >= 0.3 is 6.36 Å². The molecular weight excluding hydrogens is 215 g/mol. The summed E-state index contributed by atoms with van der Waals surface area (Å²) in [5, 5.41) is 8.43. The van der Waals surface area contributed by atoms with Gasteiger partial charge in [-0.2, -0.15) is 5.26 Å². The molecule has 0 amide bonds. The van der Waals surface area contributed by atoms with E-state index in [1.165, 1.54) is 6.07 Å². The SMILES string of the molecule is N#Cc1[nH]c(OC(F)(F)F)cc(=O)c1N. The summed E-state index contributed by atoms with van der Waals surface area (Å²) in [5.41, 5.74) is 3.29. The lowest BCUT2D eigenvalue weighted by Crippen LogP contribution is -2.20. The van der Waals surface area contributed by atoms with Crippen LogP contribution in [0.5, 0.6) is 5.88 Å². The van der Waals surface area contributed by atoms with E-state index in [4.69, 9.17) is 11.0 Å². The number of ether oxygens (including phenoxy) is 1. The Balaban J connectivity index is 3.20. The maximum Gasteiger partial charge on any atom is 0.574 e. The minimum absolute atomic E-state index is 0.452. The summed E-state index contributed by atoms with van der Waals surface area (Å²) >= 11 is 0. The molecule has 0 aliphatic carbocycles. The summed E-state index contributed by atoms with van der Waals surface area (Å²) in [6.45, 7) is 0. The Morgan fingerprint density at radius 2 is 2.13 bits per heavy atom.